The van der Waals surface area contributed by atoms with Gasteiger partial charge in [0.2, 0.25) is 5.91 Å². The number of amidine groups is 1. The standard InChI is InChI=1S/C16H24N2O3S2/c1-2-8-18-13-10-23(20,21)11-14(13)22-16(18)17-15(19)9-12-6-4-3-5-7-12/h2,12-14H,1,3-11H2. The smallest absolute Gasteiger partial charge is 0.248 e. The Morgan fingerprint density at radius 2 is 2.04 bits per heavy atom. The molecule has 7 heteroatoms. The molecule has 2 atom stereocenters. The van der Waals surface area contributed by atoms with E-state index in [0.29, 0.717) is 24.1 Å². The first-order valence-electron chi connectivity index (χ1n) is 8.34. The molecule has 2 aliphatic heterocycles. The van der Waals surface area contributed by atoms with E-state index in [1.165, 1.54) is 31.0 Å². The van der Waals surface area contributed by atoms with Gasteiger partial charge < -0.3 is 4.90 Å². The predicted octanol–water partition coefficient (Wildman–Crippen LogP) is 2.24. The van der Waals surface area contributed by atoms with Crippen molar-refractivity contribution in [3.63, 3.8) is 0 Å². The average molecular weight is 357 g/mol. The van der Waals surface area contributed by atoms with Crippen LogP contribution in [-0.2, 0) is 14.6 Å². The van der Waals surface area contributed by atoms with Crippen molar-refractivity contribution < 1.29 is 13.2 Å². The van der Waals surface area contributed by atoms with Gasteiger partial charge >= 0.3 is 0 Å². The molecular weight excluding hydrogens is 332 g/mol. The number of hydrogen-bond acceptors (Lipinski definition) is 4. The van der Waals surface area contributed by atoms with Gasteiger partial charge in [-0.05, 0) is 18.8 Å². The summed E-state index contributed by atoms with van der Waals surface area (Å²) in [4.78, 5) is 18.6. The summed E-state index contributed by atoms with van der Waals surface area (Å²) in [5.74, 6) is 0.760. The zero-order valence-electron chi connectivity index (χ0n) is 13.3. The second kappa shape index (κ2) is 6.97. The molecule has 0 spiro atoms. The van der Waals surface area contributed by atoms with E-state index in [1.807, 2.05) is 4.90 Å². The second-order valence-corrected chi connectivity index (χ2v) is 10.1. The van der Waals surface area contributed by atoms with Gasteiger partial charge in [-0.3, -0.25) is 4.79 Å². The molecular formula is C16H24N2O3S2. The maximum Gasteiger partial charge on any atom is 0.248 e. The average Bonchev–Trinajstić information content (AvgIpc) is 2.93. The number of thioether (sulfide) groups is 1. The highest BCUT2D eigenvalue weighted by atomic mass is 32.2. The molecule has 0 N–H and O–H groups in total. The van der Waals surface area contributed by atoms with E-state index in [2.05, 4.69) is 11.6 Å². The molecule has 128 valence electrons. The van der Waals surface area contributed by atoms with Crippen LogP contribution in [0.15, 0.2) is 17.6 Å². The van der Waals surface area contributed by atoms with Gasteiger partial charge in [-0.1, -0.05) is 37.1 Å². The van der Waals surface area contributed by atoms with Crippen molar-refractivity contribution in [2.75, 3.05) is 18.1 Å². The third-order valence-corrected chi connectivity index (χ3v) is 8.16. The quantitative estimate of drug-likeness (QED) is 0.723. The van der Waals surface area contributed by atoms with Crippen molar-refractivity contribution in [1.29, 1.82) is 0 Å². The number of fused-ring (bicyclic) bond motifs is 1. The molecule has 2 heterocycles. The van der Waals surface area contributed by atoms with Crippen molar-refractivity contribution in [1.82, 2.24) is 4.90 Å². The number of sulfone groups is 1. The number of carbonyl (C=O) groups excluding carboxylic acids is 1. The Hall–Kier alpha value is -0.820. The highest BCUT2D eigenvalue weighted by molar-refractivity contribution is 8.15. The van der Waals surface area contributed by atoms with Gasteiger partial charge in [-0.2, -0.15) is 4.99 Å². The minimum atomic E-state index is -2.97. The lowest BCUT2D eigenvalue weighted by Crippen LogP contribution is -2.37. The number of amides is 1. The molecule has 0 radical (unpaired) electrons. The van der Waals surface area contributed by atoms with Crippen LogP contribution in [0.3, 0.4) is 0 Å². The maximum absolute atomic E-state index is 12.3. The normalized spacial score (nSPS) is 32.2. The third kappa shape index (κ3) is 3.99. The topological polar surface area (TPSA) is 66.8 Å². The zero-order valence-corrected chi connectivity index (χ0v) is 14.9. The van der Waals surface area contributed by atoms with Crippen LogP contribution in [0.5, 0.6) is 0 Å². The number of nitrogens with zero attached hydrogens (tertiary/aromatic N) is 2. The van der Waals surface area contributed by atoms with Crippen LogP contribution in [0.25, 0.3) is 0 Å². The Kier molecular flexibility index (Phi) is 5.16. The fourth-order valence-electron chi connectivity index (χ4n) is 3.78. The minimum absolute atomic E-state index is 0.00109. The Balaban J connectivity index is 1.68. The Morgan fingerprint density at radius 1 is 1.30 bits per heavy atom. The molecule has 2 saturated heterocycles. The van der Waals surface area contributed by atoms with Crippen LogP contribution >= 0.6 is 11.8 Å². The summed E-state index contributed by atoms with van der Waals surface area (Å²) in [6, 6.07) is -0.0655. The van der Waals surface area contributed by atoms with E-state index < -0.39 is 9.84 Å². The van der Waals surface area contributed by atoms with Crippen molar-refractivity contribution in [2.45, 2.75) is 49.8 Å². The molecule has 3 aliphatic rings. The lowest BCUT2D eigenvalue weighted by molar-refractivity contribution is -0.118. The summed E-state index contributed by atoms with van der Waals surface area (Å²) < 4.78 is 23.6. The van der Waals surface area contributed by atoms with Gasteiger partial charge in [0.05, 0.1) is 17.5 Å². The number of aliphatic imine (C=N–C) groups is 1. The predicted molar refractivity (Wildman–Crippen MR) is 94.4 cm³/mol. The monoisotopic (exact) mass is 356 g/mol. The molecule has 1 aliphatic carbocycles. The molecule has 2 unspecified atom stereocenters. The summed E-state index contributed by atoms with van der Waals surface area (Å²) in [6.45, 7) is 4.28. The molecule has 23 heavy (non-hydrogen) atoms. The van der Waals surface area contributed by atoms with Crippen molar-refractivity contribution >= 4 is 32.7 Å². The van der Waals surface area contributed by atoms with Gasteiger partial charge in [0.15, 0.2) is 15.0 Å². The molecule has 0 aromatic rings. The lowest BCUT2D eigenvalue weighted by atomic mass is 9.87. The summed E-state index contributed by atoms with van der Waals surface area (Å²) in [6.07, 6.45) is 8.24. The molecule has 5 nitrogen and oxygen atoms in total. The van der Waals surface area contributed by atoms with Crippen LogP contribution in [0.4, 0.5) is 0 Å². The van der Waals surface area contributed by atoms with E-state index in [1.54, 1.807) is 6.08 Å². The van der Waals surface area contributed by atoms with Crippen LogP contribution in [-0.4, -0.2) is 53.7 Å². The fourth-order valence-corrected chi connectivity index (χ4v) is 7.76. The Morgan fingerprint density at radius 3 is 2.74 bits per heavy atom. The largest absolute Gasteiger partial charge is 0.342 e. The van der Waals surface area contributed by atoms with Crippen LogP contribution < -0.4 is 0 Å². The summed E-state index contributed by atoms with van der Waals surface area (Å²) in [5, 5.41) is 0.691. The van der Waals surface area contributed by atoms with Gasteiger partial charge in [-0.25, -0.2) is 8.42 Å². The van der Waals surface area contributed by atoms with E-state index in [0.717, 1.165) is 12.8 Å². The fraction of sp³-hybridized carbons (Fsp3) is 0.750. The first-order chi connectivity index (χ1) is 11.0. The minimum Gasteiger partial charge on any atom is -0.342 e. The molecule has 1 saturated carbocycles. The molecule has 3 rings (SSSR count). The van der Waals surface area contributed by atoms with Crippen LogP contribution in [0.2, 0.25) is 0 Å². The highest BCUT2D eigenvalue weighted by Crippen LogP contribution is 2.38. The van der Waals surface area contributed by atoms with Gasteiger partial charge in [-0.15, -0.1) is 6.58 Å². The van der Waals surface area contributed by atoms with E-state index >= 15 is 0 Å². The molecule has 1 amide bonds. The maximum atomic E-state index is 12.3. The summed E-state index contributed by atoms with van der Waals surface area (Å²) >= 11 is 1.45. The molecule has 3 fully saturated rings. The zero-order chi connectivity index (χ0) is 16.4. The number of carbonyl (C=O) groups is 1. The number of rotatable bonds is 4. The molecule has 0 aromatic heterocycles. The lowest BCUT2D eigenvalue weighted by Gasteiger charge is -2.23. The van der Waals surface area contributed by atoms with Gasteiger partial charge in [0.25, 0.3) is 0 Å². The van der Waals surface area contributed by atoms with Gasteiger partial charge in [0, 0.05) is 18.2 Å². The van der Waals surface area contributed by atoms with Crippen LogP contribution in [0, 0.1) is 5.92 Å². The number of hydrogen-bond donors (Lipinski definition) is 0. The molecule has 0 bridgehead atoms. The SMILES string of the molecule is C=CCN1C(=NC(=O)CC2CCCCC2)SC2CS(=O)(=O)CC21. The summed E-state index contributed by atoms with van der Waals surface area (Å²) in [5.41, 5.74) is 0. The first kappa shape index (κ1) is 17.0. The van der Waals surface area contributed by atoms with Crippen molar-refractivity contribution in [2.24, 2.45) is 10.9 Å². The van der Waals surface area contributed by atoms with Crippen molar-refractivity contribution in [3.05, 3.63) is 12.7 Å². The van der Waals surface area contributed by atoms with E-state index in [-0.39, 0.29) is 28.7 Å². The summed E-state index contributed by atoms with van der Waals surface area (Å²) in [7, 11) is -2.97. The van der Waals surface area contributed by atoms with Crippen LogP contribution in [0.1, 0.15) is 38.5 Å². The second-order valence-electron chi connectivity index (χ2n) is 6.74. The Labute approximate surface area is 142 Å². The van der Waals surface area contributed by atoms with Gasteiger partial charge in [0.1, 0.15) is 0 Å². The highest BCUT2D eigenvalue weighted by Gasteiger charge is 2.48. The molecule has 0 aromatic carbocycles. The van der Waals surface area contributed by atoms with E-state index in [4.69, 9.17) is 0 Å². The third-order valence-electron chi connectivity index (χ3n) is 4.91. The van der Waals surface area contributed by atoms with E-state index in [9.17, 15) is 13.2 Å². The Bertz CT molecular complexity index is 609. The van der Waals surface area contributed by atoms with Crippen molar-refractivity contribution in [3.8, 4) is 0 Å². The first-order valence-corrected chi connectivity index (χ1v) is 11.0.